The van der Waals surface area contributed by atoms with Gasteiger partial charge in [0.1, 0.15) is 0 Å². The van der Waals surface area contributed by atoms with Gasteiger partial charge in [0.05, 0.1) is 11.9 Å². The van der Waals surface area contributed by atoms with E-state index in [9.17, 15) is 4.79 Å². The van der Waals surface area contributed by atoms with Gasteiger partial charge >= 0.3 is 0 Å². The minimum atomic E-state index is 0.0603. The Kier molecular flexibility index (Phi) is 3.34. The average molecular weight is 208 g/mol. The molecule has 0 spiro atoms. The third kappa shape index (κ3) is 3.06. The molecule has 1 atom stereocenters. The Labute approximate surface area is 88.6 Å². The first kappa shape index (κ1) is 10.2. The largest absolute Gasteiger partial charge is 0.323 e. The highest BCUT2D eigenvalue weighted by Gasteiger charge is 2.15. The third-order valence-electron chi connectivity index (χ3n) is 2.66. The first-order valence-corrected chi connectivity index (χ1v) is 5.36. The Balaban J connectivity index is 1.68. The van der Waals surface area contributed by atoms with Crippen molar-refractivity contribution in [3.63, 3.8) is 0 Å². The number of anilines is 1. The van der Waals surface area contributed by atoms with Crippen molar-refractivity contribution in [2.75, 3.05) is 11.9 Å². The van der Waals surface area contributed by atoms with E-state index in [0.29, 0.717) is 12.5 Å². The molecule has 1 amide bonds. The summed E-state index contributed by atoms with van der Waals surface area (Å²) in [5.74, 6) is 0.0603. The van der Waals surface area contributed by atoms with Crippen molar-refractivity contribution >= 4 is 11.6 Å². The summed E-state index contributed by atoms with van der Waals surface area (Å²) in [6.07, 6.45) is 7.19. The fourth-order valence-electron chi connectivity index (χ4n) is 1.85. The maximum atomic E-state index is 11.5. The molecule has 0 bridgehead atoms. The summed E-state index contributed by atoms with van der Waals surface area (Å²) >= 11 is 0. The van der Waals surface area contributed by atoms with E-state index in [1.54, 1.807) is 12.4 Å². The number of aromatic nitrogens is 2. The zero-order valence-corrected chi connectivity index (χ0v) is 8.62. The summed E-state index contributed by atoms with van der Waals surface area (Å²) in [5.41, 5.74) is 0.736. The van der Waals surface area contributed by atoms with Crippen LogP contribution in [0.25, 0.3) is 0 Å². The Bertz CT molecular complexity index is 303. The molecule has 0 radical (unpaired) electrons. The van der Waals surface area contributed by atoms with Crippen molar-refractivity contribution in [1.29, 1.82) is 0 Å². The van der Waals surface area contributed by atoms with E-state index in [1.807, 2.05) is 0 Å². The first-order valence-electron chi connectivity index (χ1n) is 5.36. The van der Waals surface area contributed by atoms with Gasteiger partial charge in [-0.1, -0.05) is 0 Å². The number of rotatable bonds is 4. The second kappa shape index (κ2) is 4.93. The molecule has 5 heteroatoms. The quantitative estimate of drug-likeness (QED) is 0.688. The van der Waals surface area contributed by atoms with Gasteiger partial charge in [-0.3, -0.25) is 9.89 Å². The van der Waals surface area contributed by atoms with Gasteiger partial charge in [-0.05, 0) is 25.8 Å². The number of carbonyl (C=O) groups excluding carboxylic acids is 1. The molecule has 3 N–H and O–H groups in total. The van der Waals surface area contributed by atoms with E-state index in [-0.39, 0.29) is 5.91 Å². The van der Waals surface area contributed by atoms with Crippen LogP contribution in [0.4, 0.5) is 5.69 Å². The minimum absolute atomic E-state index is 0.0603. The molecule has 15 heavy (non-hydrogen) atoms. The fourth-order valence-corrected chi connectivity index (χ4v) is 1.85. The Morgan fingerprint density at radius 3 is 3.27 bits per heavy atom. The van der Waals surface area contributed by atoms with E-state index < -0.39 is 0 Å². The lowest BCUT2D eigenvalue weighted by atomic mass is 10.1. The molecule has 5 nitrogen and oxygen atoms in total. The van der Waals surface area contributed by atoms with Crippen LogP contribution in [0.2, 0.25) is 0 Å². The van der Waals surface area contributed by atoms with Gasteiger partial charge in [0.25, 0.3) is 0 Å². The molecule has 1 fully saturated rings. The van der Waals surface area contributed by atoms with Gasteiger partial charge in [0.2, 0.25) is 5.91 Å². The second-order valence-electron chi connectivity index (χ2n) is 3.87. The van der Waals surface area contributed by atoms with E-state index in [2.05, 4.69) is 20.8 Å². The smallest absolute Gasteiger partial charge is 0.224 e. The molecule has 1 aliphatic heterocycles. The number of carbonyl (C=O) groups is 1. The highest BCUT2D eigenvalue weighted by atomic mass is 16.1. The van der Waals surface area contributed by atoms with E-state index in [1.165, 1.54) is 12.8 Å². The van der Waals surface area contributed by atoms with Crippen LogP contribution in [-0.4, -0.2) is 28.7 Å². The van der Waals surface area contributed by atoms with Crippen LogP contribution < -0.4 is 10.6 Å². The summed E-state index contributed by atoms with van der Waals surface area (Å²) in [6, 6.07) is 0.528. The first-order chi connectivity index (χ1) is 7.34. The third-order valence-corrected chi connectivity index (χ3v) is 2.66. The fraction of sp³-hybridized carbons (Fsp3) is 0.600. The van der Waals surface area contributed by atoms with Crippen molar-refractivity contribution in [3.05, 3.63) is 12.4 Å². The Hall–Kier alpha value is -1.36. The maximum Gasteiger partial charge on any atom is 0.224 e. The van der Waals surface area contributed by atoms with Gasteiger partial charge in [0, 0.05) is 18.7 Å². The Morgan fingerprint density at radius 2 is 2.60 bits per heavy atom. The lowest BCUT2D eigenvalue weighted by Crippen LogP contribution is -2.23. The molecule has 2 heterocycles. The van der Waals surface area contributed by atoms with Gasteiger partial charge in [0.15, 0.2) is 0 Å². The zero-order valence-electron chi connectivity index (χ0n) is 8.62. The van der Waals surface area contributed by atoms with Crippen LogP contribution >= 0.6 is 0 Å². The van der Waals surface area contributed by atoms with Crippen LogP contribution in [0.15, 0.2) is 12.4 Å². The van der Waals surface area contributed by atoms with Crippen LogP contribution in [0, 0.1) is 0 Å². The van der Waals surface area contributed by atoms with Gasteiger partial charge in [-0.2, -0.15) is 5.10 Å². The van der Waals surface area contributed by atoms with E-state index in [0.717, 1.165) is 18.7 Å². The van der Waals surface area contributed by atoms with Gasteiger partial charge < -0.3 is 10.6 Å². The summed E-state index contributed by atoms with van der Waals surface area (Å²) in [7, 11) is 0. The minimum Gasteiger partial charge on any atom is -0.323 e. The molecule has 1 unspecified atom stereocenters. The number of hydrogen-bond donors (Lipinski definition) is 3. The number of aromatic amines is 1. The van der Waals surface area contributed by atoms with Gasteiger partial charge in [-0.15, -0.1) is 0 Å². The molecule has 0 aromatic carbocycles. The lowest BCUT2D eigenvalue weighted by molar-refractivity contribution is -0.116. The average Bonchev–Trinajstić information content (AvgIpc) is 2.86. The number of amides is 1. The molecular formula is C10H16N4O. The number of nitrogens with zero attached hydrogens (tertiary/aromatic N) is 1. The SMILES string of the molecule is O=C(CCC1CCCN1)Nc1cn[nH]c1. The zero-order chi connectivity index (χ0) is 10.5. The van der Waals surface area contributed by atoms with Crippen molar-refractivity contribution < 1.29 is 4.79 Å². The number of H-pyrrole nitrogens is 1. The number of nitrogens with one attached hydrogen (secondary N) is 3. The van der Waals surface area contributed by atoms with Crippen LogP contribution in [0.1, 0.15) is 25.7 Å². The Morgan fingerprint density at radius 1 is 1.67 bits per heavy atom. The molecule has 1 aliphatic rings. The van der Waals surface area contributed by atoms with Crippen molar-refractivity contribution in [2.45, 2.75) is 31.7 Å². The van der Waals surface area contributed by atoms with Crippen molar-refractivity contribution in [1.82, 2.24) is 15.5 Å². The molecule has 2 rings (SSSR count). The van der Waals surface area contributed by atoms with Crippen molar-refractivity contribution in [2.24, 2.45) is 0 Å². The number of hydrogen-bond acceptors (Lipinski definition) is 3. The van der Waals surface area contributed by atoms with E-state index in [4.69, 9.17) is 0 Å². The maximum absolute atomic E-state index is 11.5. The molecular weight excluding hydrogens is 192 g/mol. The molecule has 1 saturated heterocycles. The highest BCUT2D eigenvalue weighted by molar-refractivity contribution is 5.90. The van der Waals surface area contributed by atoms with E-state index >= 15 is 0 Å². The molecule has 0 saturated carbocycles. The summed E-state index contributed by atoms with van der Waals surface area (Å²) in [5, 5.41) is 12.6. The molecule has 0 aliphatic carbocycles. The summed E-state index contributed by atoms with van der Waals surface area (Å²) in [4.78, 5) is 11.5. The van der Waals surface area contributed by atoms with Crippen molar-refractivity contribution in [3.8, 4) is 0 Å². The predicted molar refractivity (Wildman–Crippen MR) is 57.5 cm³/mol. The standard InChI is InChI=1S/C10H16N4O/c15-10(14-9-6-12-13-7-9)4-3-8-2-1-5-11-8/h6-8,11H,1-5H2,(H,12,13)(H,14,15). The lowest BCUT2D eigenvalue weighted by Gasteiger charge is -2.08. The van der Waals surface area contributed by atoms with Crippen LogP contribution in [0.5, 0.6) is 0 Å². The van der Waals surface area contributed by atoms with Gasteiger partial charge in [-0.25, -0.2) is 0 Å². The van der Waals surface area contributed by atoms with Crippen LogP contribution in [0.3, 0.4) is 0 Å². The topological polar surface area (TPSA) is 69.8 Å². The summed E-state index contributed by atoms with van der Waals surface area (Å²) < 4.78 is 0. The predicted octanol–water partition coefficient (Wildman–Crippen LogP) is 0.880. The monoisotopic (exact) mass is 208 g/mol. The van der Waals surface area contributed by atoms with Crippen LogP contribution in [-0.2, 0) is 4.79 Å². The highest BCUT2D eigenvalue weighted by Crippen LogP contribution is 2.11. The molecule has 1 aromatic rings. The summed E-state index contributed by atoms with van der Waals surface area (Å²) in [6.45, 7) is 1.09. The molecule has 82 valence electrons. The molecule has 1 aromatic heterocycles. The normalized spacial score (nSPS) is 20.4. The second-order valence-corrected chi connectivity index (χ2v) is 3.87.